The van der Waals surface area contributed by atoms with E-state index in [-0.39, 0.29) is 36.6 Å². The Balaban J connectivity index is 1.49. The second-order valence-corrected chi connectivity index (χ2v) is 12.4. The minimum absolute atomic E-state index is 0.0482. The molecule has 2 aromatic carbocycles. The number of rotatable bonds is 5. The van der Waals surface area contributed by atoms with Crippen LogP contribution in [0.25, 0.3) is 0 Å². The molecule has 5 rings (SSSR count). The largest absolute Gasteiger partial charge is 0.507 e. The number of anilines is 1. The van der Waals surface area contributed by atoms with Gasteiger partial charge in [-0.15, -0.1) is 0 Å². The number of aliphatic hydroxyl groups is 1. The number of amides is 2. The average Bonchev–Trinajstić information content (AvgIpc) is 2.94. The summed E-state index contributed by atoms with van der Waals surface area (Å²) in [5.41, 5.74) is 4.55. The number of benzene rings is 2. The smallest absolute Gasteiger partial charge is 0.238 e. The van der Waals surface area contributed by atoms with Crippen LogP contribution in [0.3, 0.4) is 0 Å². The Labute approximate surface area is 259 Å². The zero-order valence-corrected chi connectivity index (χ0v) is 25.3. The Morgan fingerprint density at radius 3 is 2.27 bits per heavy atom. The molecule has 2 amide bonds. The first-order chi connectivity index (χ1) is 21.2. The van der Waals surface area contributed by atoms with Crippen molar-refractivity contribution < 1.29 is 39.0 Å². The topological polar surface area (TPSA) is 187 Å². The summed E-state index contributed by atoms with van der Waals surface area (Å²) in [6.45, 7) is 0.232. The van der Waals surface area contributed by atoms with Crippen LogP contribution in [0.15, 0.2) is 36.4 Å². The molecule has 0 aliphatic heterocycles. The third-order valence-electron chi connectivity index (χ3n) is 8.91. The van der Waals surface area contributed by atoms with Crippen LogP contribution in [-0.4, -0.2) is 101 Å². The van der Waals surface area contributed by atoms with Gasteiger partial charge in [0.05, 0.1) is 24.1 Å². The van der Waals surface area contributed by atoms with Gasteiger partial charge in [0.2, 0.25) is 11.8 Å². The summed E-state index contributed by atoms with van der Waals surface area (Å²) in [5.74, 6) is -5.12. The van der Waals surface area contributed by atoms with Gasteiger partial charge in [0.15, 0.2) is 34.7 Å². The highest BCUT2D eigenvalue weighted by Crippen LogP contribution is 2.50. The van der Waals surface area contributed by atoms with Crippen LogP contribution < -0.4 is 11.1 Å². The Morgan fingerprint density at radius 1 is 1.00 bits per heavy atom. The molecular formula is C33H34N4O8. The summed E-state index contributed by atoms with van der Waals surface area (Å²) in [6.07, 6.45) is 0.0640. The SMILES string of the molecule is CN(C)CC(=O)Nc1ccc(C#Cc2ccc(O)c3c2CC2CC4C(N(C)C)C(=O)C(C(N)=O)C(=O)C4(O)C(=O)C2C3=O)cc1. The number of nitrogens with one attached hydrogen (secondary N) is 1. The number of nitrogens with zero attached hydrogens (tertiary/aromatic N) is 2. The molecule has 3 aliphatic rings. The summed E-state index contributed by atoms with van der Waals surface area (Å²) in [4.78, 5) is 81.8. The maximum atomic E-state index is 13.9. The number of hydrogen-bond donors (Lipinski definition) is 4. The highest BCUT2D eigenvalue weighted by Gasteiger charge is 2.69. The molecule has 2 fully saturated rings. The summed E-state index contributed by atoms with van der Waals surface area (Å²) in [6, 6.07) is 8.57. The van der Waals surface area contributed by atoms with Gasteiger partial charge in [0.1, 0.15) is 5.75 Å². The molecule has 0 heterocycles. The van der Waals surface area contributed by atoms with Gasteiger partial charge in [0.25, 0.3) is 0 Å². The summed E-state index contributed by atoms with van der Waals surface area (Å²) < 4.78 is 0. The molecule has 0 aromatic heterocycles. The third kappa shape index (κ3) is 5.33. The first kappa shape index (κ1) is 31.7. The zero-order valence-electron chi connectivity index (χ0n) is 25.3. The van der Waals surface area contributed by atoms with Gasteiger partial charge in [-0.1, -0.05) is 11.8 Å². The number of nitrogens with two attached hydrogens (primary N) is 1. The average molecular weight is 615 g/mol. The fraction of sp³-hybridized carbons (Fsp3) is 0.394. The Bertz CT molecular complexity index is 1700. The van der Waals surface area contributed by atoms with E-state index in [9.17, 15) is 39.0 Å². The number of fused-ring (bicyclic) bond motifs is 3. The minimum Gasteiger partial charge on any atom is -0.507 e. The van der Waals surface area contributed by atoms with E-state index in [1.165, 1.54) is 25.1 Å². The molecule has 6 unspecified atom stereocenters. The van der Waals surface area contributed by atoms with E-state index in [1.54, 1.807) is 49.3 Å². The second kappa shape index (κ2) is 11.7. The lowest BCUT2D eigenvalue weighted by Gasteiger charge is -2.52. The molecule has 2 aromatic rings. The first-order valence-electron chi connectivity index (χ1n) is 14.4. The summed E-state index contributed by atoms with van der Waals surface area (Å²) in [7, 11) is 6.65. The lowest BCUT2D eigenvalue weighted by atomic mass is 9.52. The molecule has 12 heteroatoms. The van der Waals surface area contributed by atoms with Crippen LogP contribution >= 0.6 is 0 Å². The van der Waals surface area contributed by atoms with Crippen molar-refractivity contribution in [2.45, 2.75) is 24.5 Å². The standard InChI is InChI=1S/C33H34N4O8/c1-36(2)15-23(39)35-19-10-6-16(7-11-19)5-8-17-9-12-22(38)25-20(17)13-18-14-21-27(37(3)4)29(41)26(32(34)44)31(43)33(21,45)30(42)24(18)28(25)40/h6-7,9-12,18,21,24,26-27,38,45H,13-15H2,1-4H3,(H2,34,44)(H,35,39). The van der Waals surface area contributed by atoms with E-state index >= 15 is 0 Å². The van der Waals surface area contributed by atoms with Gasteiger partial charge in [-0.25, -0.2) is 0 Å². The lowest BCUT2D eigenvalue weighted by molar-refractivity contribution is -0.181. The normalized spacial score (nSPS) is 27.3. The zero-order chi connectivity index (χ0) is 33.0. The Hall–Kier alpha value is -4.70. The molecule has 2 saturated carbocycles. The second-order valence-electron chi connectivity index (χ2n) is 12.4. The number of carbonyl (C=O) groups is 6. The van der Waals surface area contributed by atoms with Gasteiger partial charge >= 0.3 is 0 Å². The van der Waals surface area contributed by atoms with Crippen molar-refractivity contribution >= 4 is 40.6 Å². The molecule has 12 nitrogen and oxygen atoms in total. The molecule has 45 heavy (non-hydrogen) atoms. The van der Waals surface area contributed by atoms with E-state index in [1.807, 2.05) is 0 Å². The highest BCUT2D eigenvalue weighted by molar-refractivity contribution is 6.32. The number of ketones is 4. The fourth-order valence-electron chi connectivity index (χ4n) is 6.99. The lowest BCUT2D eigenvalue weighted by Crippen LogP contribution is -2.74. The quantitative estimate of drug-likeness (QED) is 0.259. The minimum atomic E-state index is -2.78. The monoisotopic (exact) mass is 614 g/mol. The Morgan fingerprint density at radius 2 is 1.67 bits per heavy atom. The van der Waals surface area contributed by atoms with Crippen molar-refractivity contribution in [3.05, 3.63) is 58.7 Å². The number of phenols is 1. The van der Waals surface area contributed by atoms with Crippen molar-refractivity contribution in [2.75, 3.05) is 40.1 Å². The van der Waals surface area contributed by atoms with Crippen LogP contribution in [0.1, 0.15) is 33.5 Å². The molecule has 6 atom stereocenters. The van der Waals surface area contributed by atoms with Crippen molar-refractivity contribution in [3.63, 3.8) is 0 Å². The van der Waals surface area contributed by atoms with Gasteiger partial charge < -0.3 is 26.2 Å². The van der Waals surface area contributed by atoms with Gasteiger partial charge in [-0.3, -0.25) is 33.7 Å². The van der Waals surface area contributed by atoms with Crippen LogP contribution in [0.4, 0.5) is 5.69 Å². The van der Waals surface area contributed by atoms with Crippen LogP contribution in [0.5, 0.6) is 5.75 Å². The maximum absolute atomic E-state index is 13.9. The first-order valence-corrected chi connectivity index (χ1v) is 14.4. The molecule has 0 bridgehead atoms. The third-order valence-corrected chi connectivity index (χ3v) is 8.91. The predicted molar refractivity (Wildman–Crippen MR) is 161 cm³/mol. The van der Waals surface area contributed by atoms with Crippen molar-refractivity contribution in [2.24, 2.45) is 29.4 Å². The van der Waals surface area contributed by atoms with E-state index < -0.39 is 64.4 Å². The number of carbonyl (C=O) groups excluding carboxylic acids is 6. The number of phenolic OH excluding ortho intramolecular Hbond substituents is 1. The van der Waals surface area contributed by atoms with Crippen LogP contribution in [0, 0.1) is 35.5 Å². The van der Waals surface area contributed by atoms with E-state index in [4.69, 9.17) is 5.73 Å². The number of Topliss-reactive ketones (excluding diaryl/α,β-unsaturated/α-hetero) is 4. The molecular weight excluding hydrogens is 580 g/mol. The maximum Gasteiger partial charge on any atom is 0.238 e. The summed E-state index contributed by atoms with van der Waals surface area (Å²) >= 11 is 0. The van der Waals surface area contributed by atoms with Crippen molar-refractivity contribution in [1.29, 1.82) is 0 Å². The molecule has 0 radical (unpaired) electrons. The van der Waals surface area contributed by atoms with Crippen molar-refractivity contribution in [1.82, 2.24) is 9.80 Å². The van der Waals surface area contributed by atoms with Gasteiger partial charge in [0, 0.05) is 22.7 Å². The van der Waals surface area contributed by atoms with Gasteiger partial charge in [-0.2, -0.15) is 0 Å². The van der Waals surface area contributed by atoms with Gasteiger partial charge in [-0.05, 0) is 88.9 Å². The summed E-state index contributed by atoms with van der Waals surface area (Å²) in [5, 5.41) is 25.2. The van der Waals surface area contributed by atoms with E-state index in [0.29, 0.717) is 22.4 Å². The number of hydrogen-bond acceptors (Lipinski definition) is 10. The van der Waals surface area contributed by atoms with Crippen LogP contribution in [0.2, 0.25) is 0 Å². The Kier molecular flexibility index (Phi) is 8.22. The molecule has 5 N–H and O–H groups in total. The van der Waals surface area contributed by atoms with E-state index in [2.05, 4.69) is 17.2 Å². The molecule has 3 aliphatic carbocycles. The number of aromatic hydroxyl groups is 1. The highest BCUT2D eigenvalue weighted by atomic mass is 16.3. The molecule has 0 spiro atoms. The number of primary amides is 1. The van der Waals surface area contributed by atoms with Crippen LogP contribution in [-0.2, 0) is 30.4 Å². The number of likely N-dealkylation sites (N-methyl/N-ethyl adjacent to an activating group) is 2. The predicted octanol–water partition coefficient (Wildman–Crippen LogP) is -0.233. The van der Waals surface area contributed by atoms with E-state index in [0.717, 1.165) is 0 Å². The van der Waals surface area contributed by atoms with Crippen molar-refractivity contribution in [3.8, 4) is 17.6 Å². The molecule has 0 saturated heterocycles. The fourth-order valence-corrected chi connectivity index (χ4v) is 6.99. The molecule has 234 valence electrons.